The van der Waals surface area contributed by atoms with E-state index in [0.717, 1.165) is 49.8 Å². The van der Waals surface area contributed by atoms with Crippen LogP contribution in [0, 0.1) is 23.3 Å². The van der Waals surface area contributed by atoms with Crippen molar-refractivity contribution in [1.82, 2.24) is 14.3 Å². The molecule has 11 nitrogen and oxygen atoms in total. The summed E-state index contributed by atoms with van der Waals surface area (Å²) in [6.07, 6.45) is 7.96. The van der Waals surface area contributed by atoms with Crippen LogP contribution in [0.25, 0.3) is 0 Å². The number of aromatic carboxylic acids is 1. The third-order valence-electron chi connectivity index (χ3n) is 9.39. The molecule has 1 atom stereocenters. The molecule has 0 bridgehead atoms. The van der Waals surface area contributed by atoms with Crippen LogP contribution in [0.15, 0.2) is 71.9 Å². The van der Waals surface area contributed by atoms with Crippen molar-refractivity contribution < 1.29 is 50.1 Å². The fourth-order valence-corrected chi connectivity index (χ4v) is 8.31. The van der Waals surface area contributed by atoms with Gasteiger partial charge in [0, 0.05) is 30.8 Å². The van der Waals surface area contributed by atoms with Crippen LogP contribution in [0.1, 0.15) is 71.8 Å². The van der Waals surface area contributed by atoms with Gasteiger partial charge in [0.15, 0.2) is 22.3 Å². The Morgan fingerprint density at radius 1 is 0.923 bits per heavy atom. The zero-order valence-corrected chi connectivity index (χ0v) is 28.7. The second-order valence-electron chi connectivity index (χ2n) is 12.5. The number of methoxy groups -OCH3 is 1. The van der Waals surface area contributed by atoms with E-state index in [-0.39, 0.29) is 42.4 Å². The van der Waals surface area contributed by atoms with Gasteiger partial charge in [-0.05, 0) is 42.7 Å². The average molecular weight is 743 g/mol. The molecule has 2 aliphatic rings. The number of hydrogen-bond donors (Lipinski definition) is 1. The summed E-state index contributed by atoms with van der Waals surface area (Å²) in [6, 6.07) is 13.4. The topological polar surface area (TPSA) is 139 Å². The van der Waals surface area contributed by atoms with Gasteiger partial charge in [0.2, 0.25) is 17.4 Å². The van der Waals surface area contributed by atoms with E-state index in [4.69, 9.17) is 4.74 Å². The van der Waals surface area contributed by atoms with E-state index in [1.807, 2.05) is 0 Å². The van der Waals surface area contributed by atoms with Gasteiger partial charge in [0.1, 0.15) is 0 Å². The summed E-state index contributed by atoms with van der Waals surface area (Å²) < 4.78 is 99.2. The maximum Gasteiger partial charge on any atom is 0.335 e. The summed E-state index contributed by atoms with van der Waals surface area (Å²) in [6.45, 7) is -1.21. The zero-order chi connectivity index (χ0) is 37.2. The SMILES string of the molecule is COc1c(F)c(F)c(S(=O)(=O)N2CC[C@@]2(OCc2ccccc2)C(=O)N(Cc2cnc(C3CCCCC3)cn2)c2ccc(C(=O)O)cc2)c(F)c1F. The van der Waals surface area contributed by atoms with Crippen molar-refractivity contribution in [2.45, 2.75) is 68.2 Å². The minimum atomic E-state index is -5.55. The third kappa shape index (κ3) is 6.85. The van der Waals surface area contributed by atoms with Crippen molar-refractivity contribution in [3.8, 4) is 5.75 Å². The lowest BCUT2D eigenvalue weighted by atomic mass is 9.87. The Balaban J connectivity index is 1.44. The van der Waals surface area contributed by atoms with Crippen LogP contribution in [0.3, 0.4) is 0 Å². The molecule has 6 rings (SSSR count). The van der Waals surface area contributed by atoms with Crippen LogP contribution >= 0.6 is 0 Å². The first-order valence-electron chi connectivity index (χ1n) is 16.5. The molecule has 0 spiro atoms. The molecule has 52 heavy (non-hydrogen) atoms. The Morgan fingerprint density at radius 3 is 2.12 bits per heavy atom. The van der Waals surface area contributed by atoms with Crippen LogP contribution in [0.5, 0.6) is 5.75 Å². The molecule has 0 unspecified atom stereocenters. The van der Waals surface area contributed by atoms with Crippen molar-refractivity contribution in [2.24, 2.45) is 0 Å². The number of anilines is 1. The van der Waals surface area contributed by atoms with Crippen LogP contribution in [-0.4, -0.2) is 59.1 Å². The minimum Gasteiger partial charge on any atom is -0.491 e. The molecule has 2 fully saturated rings. The largest absolute Gasteiger partial charge is 0.491 e. The summed E-state index contributed by atoms with van der Waals surface area (Å²) in [7, 11) is -4.80. The van der Waals surface area contributed by atoms with Gasteiger partial charge in [-0.2, -0.15) is 13.1 Å². The lowest BCUT2D eigenvalue weighted by molar-refractivity contribution is -0.194. The van der Waals surface area contributed by atoms with E-state index in [1.54, 1.807) is 36.5 Å². The van der Waals surface area contributed by atoms with Gasteiger partial charge in [0.25, 0.3) is 15.9 Å². The van der Waals surface area contributed by atoms with E-state index in [0.29, 0.717) is 9.87 Å². The zero-order valence-electron chi connectivity index (χ0n) is 27.9. The number of carbonyl (C=O) groups excluding carboxylic acids is 1. The molecule has 16 heteroatoms. The van der Waals surface area contributed by atoms with Crippen molar-refractivity contribution in [3.63, 3.8) is 0 Å². The van der Waals surface area contributed by atoms with E-state index in [1.165, 1.54) is 30.5 Å². The van der Waals surface area contributed by atoms with Crippen LogP contribution < -0.4 is 9.64 Å². The standard InChI is InChI=1S/C36H34F4N4O7S/c1-50-32-28(37)30(39)33(31(40)29(32)38)52(48,49)44-17-16-36(44,51-21-22-8-4-2-5-9-22)35(47)43(26-14-12-24(13-15-26)34(45)46)20-25-18-42-27(19-41-25)23-10-6-3-7-11-23/h2,4-5,8-9,12-15,18-19,23H,3,6-7,10-11,16-17,20-21H2,1H3,(H,45,46)/t36-/m1/s1. The Labute approximate surface area is 296 Å². The average Bonchev–Trinajstić information content (AvgIpc) is 3.14. The molecule has 1 N–H and O–H groups in total. The lowest BCUT2D eigenvalue weighted by Crippen LogP contribution is -2.70. The number of carboxylic acids is 1. The quantitative estimate of drug-likeness (QED) is 0.130. The second-order valence-corrected chi connectivity index (χ2v) is 14.3. The molecule has 1 aromatic heterocycles. The first-order chi connectivity index (χ1) is 24.9. The Hall–Kier alpha value is -4.93. The van der Waals surface area contributed by atoms with Crippen molar-refractivity contribution in [1.29, 1.82) is 0 Å². The number of ether oxygens (including phenoxy) is 2. The fourth-order valence-electron chi connectivity index (χ4n) is 6.52. The molecular formula is C36H34F4N4O7S. The molecule has 1 aliphatic heterocycles. The molecule has 4 aromatic rings. The van der Waals surface area contributed by atoms with E-state index < -0.39 is 68.1 Å². The highest BCUT2D eigenvalue weighted by molar-refractivity contribution is 7.89. The molecule has 0 radical (unpaired) electrons. The molecule has 1 saturated carbocycles. The molecule has 1 aliphatic carbocycles. The summed E-state index contributed by atoms with van der Waals surface area (Å²) in [4.78, 5) is 34.7. The van der Waals surface area contributed by atoms with Gasteiger partial charge in [-0.15, -0.1) is 0 Å². The monoisotopic (exact) mass is 742 g/mol. The second kappa shape index (κ2) is 15.0. The maximum absolute atomic E-state index is 15.3. The van der Waals surface area contributed by atoms with Crippen LogP contribution in [-0.2, 0) is 32.7 Å². The van der Waals surface area contributed by atoms with Crippen molar-refractivity contribution >= 4 is 27.6 Å². The van der Waals surface area contributed by atoms with Gasteiger partial charge in [-0.25, -0.2) is 22.0 Å². The fraction of sp³-hybridized carbons (Fsp3) is 0.333. The minimum absolute atomic E-state index is 0.0963. The van der Waals surface area contributed by atoms with Gasteiger partial charge >= 0.3 is 5.97 Å². The number of nitrogens with zero attached hydrogens (tertiary/aromatic N) is 4. The number of rotatable bonds is 12. The van der Waals surface area contributed by atoms with Gasteiger partial charge < -0.3 is 19.5 Å². The molecule has 1 amide bonds. The van der Waals surface area contributed by atoms with Gasteiger partial charge in [0.05, 0.1) is 43.4 Å². The summed E-state index contributed by atoms with van der Waals surface area (Å²) in [5.41, 5.74) is -0.947. The van der Waals surface area contributed by atoms with Crippen LogP contribution in [0.4, 0.5) is 23.2 Å². The number of carbonyl (C=O) groups is 2. The third-order valence-corrected chi connectivity index (χ3v) is 11.3. The molecule has 274 valence electrons. The molecular weight excluding hydrogens is 708 g/mol. The number of sulfonamides is 1. The Kier molecular flexibility index (Phi) is 10.6. The molecule has 3 aromatic carbocycles. The highest BCUT2D eigenvalue weighted by atomic mass is 32.2. The summed E-state index contributed by atoms with van der Waals surface area (Å²) >= 11 is 0. The summed E-state index contributed by atoms with van der Waals surface area (Å²) in [5.74, 6) is -12.2. The Morgan fingerprint density at radius 2 is 1.58 bits per heavy atom. The van der Waals surface area contributed by atoms with E-state index >= 15 is 8.78 Å². The normalized spacial score (nSPS) is 18.1. The number of halogens is 4. The van der Waals surface area contributed by atoms with Crippen molar-refractivity contribution in [3.05, 3.63) is 113 Å². The lowest BCUT2D eigenvalue weighted by Gasteiger charge is -2.50. The number of benzene rings is 3. The number of carboxylic acid groups (broad SMARTS) is 1. The Bertz CT molecular complexity index is 2040. The number of hydrogen-bond acceptors (Lipinski definition) is 8. The van der Waals surface area contributed by atoms with Gasteiger partial charge in [-0.1, -0.05) is 49.6 Å². The van der Waals surface area contributed by atoms with E-state index in [9.17, 15) is 31.9 Å². The predicted octanol–water partition coefficient (Wildman–Crippen LogP) is 6.33. The predicted molar refractivity (Wildman–Crippen MR) is 178 cm³/mol. The number of aromatic nitrogens is 2. The van der Waals surface area contributed by atoms with Crippen molar-refractivity contribution in [2.75, 3.05) is 18.6 Å². The van der Waals surface area contributed by atoms with E-state index in [2.05, 4.69) is 14.7 Å². The van der Waals surface area contributed by atoms with Gasteiger partial charge in [-0.3, -0.25) is 14.8 Å². The smallest absolute Gasteiger partial charge is 0.335 e. The first-order valence-corrected chi connectivity index (χ1v) is 17.9. The highest BCUT2D eigenvalue weighted by Gasteiger charge is 2.61. The maximum atomic E-state index is 15.3. The van der Waals surface area contributed by atoms with Crippen LogP contribution in [0.2, 0.25) is 0 Å². The summed E-state index contributed by atoms with van der Waals surface area (Å²) in [5, 5.41) is 9.48. The number of amides is 1. The molecule has 1 saturated heterocycles. The highest BCUT2D eigenvalue weighted by Crippen LogP contribution is 2.43. The first kappa shape index (κ1) is 36.8. The molecule has 2 heterocycles.